The first-order chi connectivity index (χ1) is 10.1. The molecule has 22 heavy (non-hydrogen) atoms. The molecule has 1 aliphatic rings. The average molecular weight is 420 g/mol. The minimum atomic E-state index is 0. The third kappa shape index (κ3) is 5.44. The van der Waals surface area contributed by atoms with Gasteiger partial charge in [0, 0.05) is 25.2 Å². The van der Waals surface area contributed by atoms with Crippen molar-refractivity contribution in [3.05, 3.63) is 17.0 Å². The monoisotopic (exact) mass is 420 g/mol. The first-order valence-corrected chi connectivity index (χ1v) is 7.99. The average Bonchev–Trinajstić information content (AvgIpc) is 2.78. The second-order valence-corrected chi connectivity index (χ2v) is 6.16. The Morgan fingerprint density at radius 3 is 2.73 bits per heavy atom. The van der Waals surface area contributed by atoms with Gasteiger partial charge in [-0.15, -0.1) is 24.0 Å². The second-order valence-electron chi connectivity index (χ2n) is 6.16. The van der Waals surface area contributed by atoms with Crippen molar-refractivity contribution in [2.24, 2.45) is 10.9 Å². The van der Waals surface area contributed by atoms with Gasteiger partial charge in [0.05, 0.1) is 5.69 Å². The van der Waals surface area contributed by atoms with Crippen molar-refractivity contribution in [1.29, 1.82) is 0 Å². The van der Waals surface area contributed by atoms with E-state index in [1.165, 1.54) is 31.2 Å². The highest BCUT2D eigenvalue weighted by molar-refractivity contribution is 14.0. The van der Waals surface area contributed by atoms with Gasteiger partial charge < -0.3 is 15.2 Å². The lowest BCUT2D eigenvalue weighted by atomic mass is 9.87. The molecule has 0 aliphatic heterocycles. The Balaban J connectivity index is 0.00000242. The van der Waals surface area contributed by atoms with Crippen LogP contribution in [-0.4, -0.2) is 30.8 Å². The third-order valence-electron chi connectivity index (χ3n) is 4.35. The molecule has 0 spiro atoms. The van der Waals surface area contributed by atoms with Crippen LogP contribution in [0.15, 0.2) is 9.52 Å². The molecule has 1 heterocycles. The molecule has 2 unspecified atom stereocenters. The number of aliphatic imine (C=N–C) groups is 1. The van der Waals surface area contributed by atoms with Gasteiger partial charge in [0.2, 0.25) is 0 Å². The number of guanidine groups is 1. The molecular formula is C16H29IN4O. The minimum Gasteiger partial charge on any atom is -0.361 e. The van der Waals surface area contributed by atoms with Gasteiger partial charge in [0.15, 0.2) is 5.96 Å². The lowest BCUT2D eigenvalue weighted by Crippen LogP contribution is -2.45. The SMILES string of the molecule is CN=C(NCCc1c(C)noc1C)NC1CCCC(C)C1.I. The van der Waals surface area contributed by atoms with E-state index in [1.54, 1.807) is 0 Å². The molecule has 0 amide bonds. The van der Waals surface area contributed by atoms with Gasteiger partial charge in [-0.3, -0.25) is 4.99 Å². The molecule has 6 heteroatoms. The van der Waals surface area contributed by atoms with Crippen LogP contribution < -0.4 is 10.6 Å². The number of rotatable bonds is 4. The molecule has 2 atom stereocenters. The van der Waals surface area contributed by atoms with Crippen LogP contribution in [-0.2, 0) is 6.42 Å². The summed E-state index contributed by atoms with van der Waals surface area (Å²) in [5.74, 6) is 2.64. The molecule has 2 N–H and O–H groups in total. The fraction of sp³-hybridized carbons (Fsp3) is 0.750. The van der Waals surface area contributed by atoms with E-state index in [1.807, 2.05) is 20.9 Å². The summed E-state index contributed by atoms with van der Waals surface area (Å²) >= 11 is 0. The molecule has 1 saturated carbocycles. The van der Waals surface area contributed by atoms with Crippen molar-refractivity contribution >= 4 is 29.9 Å². The summed E-state index contributed by atoms with van der Waals surface area (Å²) in [4.78, 5) is 4.33. The van der Waals surface area contributed by atoms with Crippen LogP contribution in [0.4, 0.5) is 0 Å². The molecule has 1 aromatic rings. The molecule has 0 radical (unpaired) electrons. The van der Waals surface area contributed by atoms with E-state index in [0.29, 0.717) is 6.04 Å². The summed E-state index contributed by atoms with van der Waals surface area (Å²) in [6, 6.07) is 0.555. The Labute approximate surface area is 150 Å². The molecule has 1 aliphatic carbocycles. The molecule has 126 valence electrons. The van der Waals surface area contributed by atoms with Gasteiger partial charge in [0.1, 0.15) is 5.76 Å². The largest absolute Gasteiger partial charge is 0.361 e. The molecule has 0 saturated heterocycles. The van der Waals surface area contributed by atoms with Crippen molar-refractivity contribution in [3.63, 3.8) is 0 Å². The summed E-state index contributed by atoms with van der Waals surface area (Å²) in [7, 11) is 1.83. The van der Waals surface area contributed by atoms with Crippen LogP contribution in [0.1, 0.15) is 49.6 Å². The molecule has 0 bridgehead atoms. The lowest BCUT2D eigenvalue weighted by Gasteiger charge is -2.28. The van der Waals surface area contributed by atoms with Gasteiger partial charge in [-0.25, -0.2) is 0 Å². The van der Waals surface area contributed by atoms with Crippen molar-refractivity contribution < 1.29 is 4.52 Å². The van der Waals surface area contributed by atoms with E-state index in [9.17, 15) is 0 Å². The Hall–Kier alpha value is -0.790. The first-order valence-electron chi connectivity index (χ1n) is 7.99. The molecule has 1 aromatic heterocycles. The van der Waals surface area contributed by atoms with E-state index in [-0.39, 0.29) is 24.0 Å². The number of nitrogens with zero attached hydrogens (tertiary/aromatic N) is 2. The van der Waals surface area contributed by atoms with Crippen molar-refractivity contribution in [2.75, 3.05) is 13.6 Å². The topological polar surface area (TPSA) is 62.5 Å². The number of nitrogens with one attached hydrogen (secondary N) is 2. The quantitative estimate of drug-likeness (QED) is 0.446. The molecule has 1 fully saturated rings. The van der Waals surface area contributed by atoms with Crippen LogP contribution in [0.25, 0.3) is 0 Å². The van der Waals surface area contributed by atoms with Gasteiger partial charge in [-0.05, 0) is 39.0 Å². The smallest absolute Gasteiger partial charge is 0.191 e. The molecule has 0 aromatic carbocycles. The highest BCUT2D eigenvalue weighted by Gasteiger charge is 2.19. The standard InChI is InChI=1S/C16H28N4O.HI/c1-11-6-5-7-14(10-11)19-16(17-4)18-9-8-15-12(2)20-21-13(15)3;/h11,14H,5-10H2,1-4H3,(H2,17,18,19);1H. The summed E-state index contributed by atoms with van der Waals surface area (Å²) < 4.78 is 5.19. The highest BCUT2D eigenvalue weighted by Crippen LogP contribution is 2.23. The maximum Gasteiger partial charge on any atom is 0.191 e. The lowest BCUT2D eigenvalue weighted by molar-refractivity contribution is 0.324. The van der Waals surface area contributed by atoms with E-state index in [0.717, 1.165) is 36.3 Å². The van der Waals surface area contributed by atoms with E-state index >= 15 is 0 Å². The maximum atomic E-state index is 5.19. The van der Waals surface area contributed by atoms with Crippen LogP contribution in [0, 0.1) is 19.8 Å². The predicted molar refractivity (Wildman–Crippen MR) is 101 cm³/mol. The fourth-order valence-electron chi connectivity index (χ4n) is 3.12. The minimum absolute atomic E-state index is 0. The van der Waals surface area contributed by atoms with Gasteiger partial charge >= 0.3 is 0 Å². The first kappa shape index (κ1) is 19.3. The van der Waals surface area contributed by atoms with Crippen molar-refractivity contribution in [2.45, 2.75) is 58.9 Å². The Bertz CT molecular complexity index is 467. The third-order valence-corrected chi connectivity index (χ3v) is 4.35. The van der Waals surface area contributed by atoms with Gasteiger partial charge in [0.25, 0.3) is 0 Å². The molecule has 5 nitrogen and oxygen atoms in total. The maximum absolute atomic E-state index is 5.19. The Kier molecular flexibility index (Phi) is 8.20. The van der Waals surface area contributed by atoms with Crippen molar-refractivity contribution in [1.82, 2.24) is 15.8 Å². The van der Waals surface area contributed by atoms with Crippen LogP contribution >= 0.6 is 24.0 Å². The summed E-state index contributed by atoms with van der Waals surface area (Å²) in [6.45, 7) is 7.13. The van der Waals surface area contributed by atoms with Crippen LogP contribution in [0.3, 0.4) is 0 Å². The van der Waals surface area contributed by atoms with E-state index in [4.69, 9.17) is 4.52 Å². The number of hydrogen-bond donors (Lipinski definition) is 2. The van der Waals surface area contributed by atoms with Crippen LogP contribution in [0.5, 0.6) is 0 Å². The second kappa shape index (κ2) is 9.37. The normalized spacial score (nSPS) is 22.1. The number of halogens is 1. The zero-order valence-corrected chi connectivity index (χ0v) is 16.4. The highest BCUT2D eigenvalue weighted by atomic mass is 127. The van der Waals surface area contributed by atoms with Gasteiger partial charge in [-0.1, -0.05) is 24.9 Å². The summed E-state index contributed by atoms with van der Waals surface area (Å²) in [5, 5.41) is 10.9. The zero-order chi connectivity index (χ0) is 15.2. The predicted octanol–water partition coefficient (Wildman–Crippen LogP) is 3.20. The Morgan fingerprint density at radius 2 is 2.14 bits per heavy atom. The van der Waals surface area contributed by atoms with Crippen LogP contribution in [0.2, 0.25) is 0 Å². The number of hydrogen-bond acceptors (Lipinski definition) is 3. The van der Waals surface area contributed by atoms with E-state index < -0.39 is 0 Å². The molecular weight excluding hydrogens is 391 g/mol. The van der Waals surface area contributed by atoms with Crippen molar-refractivity contribution in [3.8, 4) is 0 Å². The molecule has 2 rings (SSSR count). The number of aryl methyl sites for hydroxylation is 2. The Morgan fingerprint density at radius 1 is 1.36 bits per heavy atom. The zero-order valence-electron chi connectivity index (χ0n) is 14.1. The van der Waals surface area contributed by atoms with Gasteiger partial charge in [-0.2, -0.15) is 0 Å². The number of aromatic nitrogens is 1. The summed E-state index contributed by atoms with van der Waals surface area (Å²) in [5.41, 5.74) is 2.18. The van der Waals surface area contributed by atoms with E-state index in [2.05, 4.69) is 27.7 Å². The fourth-order valence-corrected chi connectivity index (χ4v) is 3.12. The summed E-state index contributed by atoms with van der Waals surface area (Å²) in [6.07, 6.45) is 6.06.